The highest BCUT2D eigenvalue weighted by Crippen LogP contribution is 2.40. The lowest BCUT2D eigenvalue weighted by Gasteiger charge is -2.10. The van der Waals surface area contributed by atoms with Crippen LogP contribution in [0.3, 0.4) is 0 Å². The molecule has 2 aromatic carbocycles. The quantitative estimate of drug-likeness (QED) is 0.479. The number of carbonyl (C=O) groups excluding carboxylic acids is 1. The Labute approximate surface area is 157 Å². The van der Waals surface area contributed by atoms with E-state index in [9.17, 15) is 28.1 Å². The van der Waals surface area contributed by atoms with E-state index in [4.69, 9.17) is 10.2 Å². The maximum atomic E-state index is 11.9. The van der Waals surface area contributed by atoms with E-state index in [1.54, 1.807) is 0 Å². The molecule has 4 N–H and O–H groups in total. The van der Waals surface area contributed by atoms with Crippen LogP contribution in [-0.4, -0.2) is 30.3 Å². The number of carboxylic acids is 1. The zero-order valence-corrected chi connectivity index (χ0v) is 15.3. The highest BCUT2D eigenvalue weighted by Gasteiger charge is 2.28. The fraction of sp³-hybridized carbons (Fsp3) is 0.0667. The molecule has 12 heteroatoms. The minimum Gasteiger partial charge on any atom is -0.478 e. The van der Waals surface area contributed by atoms with E-state index in [0.29, 0.717) is 10.6 Å². The Bertz CT molecular complexity index is 1030. The number of carboxylic acid groups (broad SMARTS) is 1. The largest absolute Gasteiger partial charge is 0.478 e. The first kappa shape index (κ1) is 20.4. The number of nitrogens with two attached hydrogens (primary N) is 1. The average Bonchev–Trinajstić information content (AvgIpc) is 2.54. The summed E-state index contributed by atoms with van der Waals surface area (Å²) >= 11 is 0.738. The molecule has 0 atom stereocenters. The number of benzene rings is 2. The summed E-state index contributed by atoms with van der Waals surface area (Å²) < 4.78 is 23.7. The van der Waals surface area contributed by atoms with Gasteiger partial charge in [0.2, 0.25) is 15.9 Å². The van der Waals surface area contributed by atoms with Crippen molar-refractivity contribution in [1.29, 1.82) is 0 Å². The molecule has 2 aromatic rings. The van der Waals surface area contributed by atoms with Crippen LogP contribution in [0.15, 0.2) is 51.1 Å². The highest BCUT2D eigenvalue weighted by atomic mass is 32.2. The van der Waals surface area contributed by atoms with Gasteiger partial charge in [0, 0.05) is 23.6 Å². The summed E-state index contributed by atoms with van der Waals surface area (Å²) in [4.78, 5) is 32.1. The normalized spacial score (nSPS) is 11.0. The first-order valence-electron chi connectivity index (χ1n) is 7.13. The van der Waals surface area contributed by atoms with Crippen LogP contribution in [0.5, 0.6) is 0 Å². The lowest BCUT2D eigenvalue weighted by atomic mass is 10.2. The van der Waals surface area contributed by atoms with E-state index in [2.05, 4.69) is 5.32 Å². The molecule has 0 heterocycles. The molecule has 0 aliphatic carbocycles. The van der Waals surface area contributed by atoms with Gasteiger partial charge in [-0.2, -0.15) is 0 Å². The molecular weight excluding hydrogens is 398 g/mol. The summed E-state index contributed by atoms with van der Waals surface area (Å²) in [5.41, 5.74) is -0.791. The monoisotopic (exact) mass is 411 g/mol. The molecule has 27 heavy (non-hydrogen) atoms. The summed E-state index contributed by atoms with van der Waals surface area (Å²) in [6.45, 7) is 1.33. The predicted octanol–water partition coefficient (Wildman–Crippen LogP) is 2.05. The van der Waals surface area contributed by atoms with Gasteiger partial charge in [0.05, 0.1) is 10.5 Å². The lowest BCUT2D eigenvalue weighted by Crippen LogP contribution is -2.15. The van der Waals surface area contributed by atoms with Gasteiger partial charge in [0.15, 0.2) is 0 Å². The van der Waals surface area contributed by atoms with Crippen LogP contribution in [0.25, 0.3) is 0 Å². The van der Waals surface area contributed by atoms with E-state index in [1.165, 1.54) is 31.2 Å². The molecule has 10 nitrogen and oxygen atoms in total. The molecule has 0 fully saturated rings. The van der Waals surface area contributed by atoms with Crippen molar-refractivity contribution in [3.8, 4) is 0 Å². The molecule has 0 aliphatic heterocycles. The topological polar surface area (TPSA) is 170 Å². The number of sulfonamides is 1. The summed E-state index contributed by atoms with van der Waals surface area (Å²) in [6.07, 6.45) is 0. The third-order valence-electron chi connectivity index (χ3n) is 3.18. The van der Waals surface area contributed by atoms with Gasteiger partial charge >= 0.3 is 5.97 Å². The number of rotatable bonds is 6. The van der Waals surface area contributed by atoms with Crippen LogP contribution >= 0.6 is 11.8 Å². The maximum Gasteiger partial charge on any atom is 0.335 e. The van der Waals surface area contributed by atoms with E-state index in [-0.39, 0.29) is 10.8 Å². The van der Waals surface area contributed by atoms with E-state index in [0.717, 1.165) is 23.9 Å². The van der Waals surface area contributed by atoms with Gasteiger partial charge in [-0.15, -0.1) is 0 Å². The van der Waals surface area contributed by atoms with Crippen molar-refractivity contribution >= 4 is 45.0 Å². The molecule has 142 valence electrons. The number of primary sulfonamides is 1. The Morgan fingerprint density at radius 2 is 1.81 bits per heavy atom. The van der Waals surface area contributed by atoms with E-state index < -0.39 is 37.1 Å². The maximum absolute atomic E-state index is 11.9. The number of carbonyl (C=O) groups is 2. The van der Waals surface area contributed by atoms with Crippen molar-refractivity contribution in [3.05, 3.63) is 52.1 Å². The Hall–Kier alpha value is -2.96. The first-order valence-corrected chi connectivity index (χ1v) is 9.49. The molecule has 0 saturated carbocycles. The van der Waals surface area contributed by atoms with Crippen molar-refractivity contribution in [1.82, 2.24) is 0 Å². The highest BCUT2D eigenvalue weighted by molar-refractivity contribution is 8.00. The van der Waals surface area contributed by atoms with Crippen molar-refractivity contribution in [2.75, 3.05) is 5.32 Å². The van der Waals surface area contributed by atoms with Gasteiger partial charge in [0.1, 0.15) is 9.79 Å². The van der Waals surface area contributed by atoms with Gasteiger partial charge in [-0.05, 0) is 30.3 Å². The predicted molar refractivity (Wildman–Crippen MR) is 96.3 cm³/mol. The summed E-state index contributed by atoms with van der Waals surface area (Å²) in [5, 5.41) is 28.1. The van der Waals surface area contributed by atoms with Gasteiger partial charge in [0.25, 0.3) is 5.69 Å². The zero-order chi connectivity index (χ0) is 20.4. The third kappa shape index (κ3) is 5.03. The van der Waals surface area contributed by atoms with E-state index in [1.807, 2.05) is 0 Å². The molecular formula is C15H13N3O7S2. The molecule has 0 spiro atoms. The number of anilines is 1. The van der Waals surface area contributed by atoms with Gasteiger partial charge in [-0.1, -0.05) is 11.8 Å². The van der Waals surface area contributed by atoms with Crippen LogP contribution in [-0.2, 0) is 14.8 Å². The summed E-state index contributed by atoms with van der Waals surface area (Å²) in [6, 6.07) is 7.62. The molecule has 0 radical (unpaired) electrons. The Morgan fingerprint density at radius 1 is 1.22 bits per heavy atom. The average molecular weight is 411 g/mol. The number of amides is 1. The number of nitro groups is 1. The number of hydrogen-bond acceptors (Lipinski definition) is 7. The fourth-order valence-corrected chi connectivity index (χ4v) is 4.12. The Kier molecular flexibility index (Phi) is 5.83. The molecule has 2 rings (SSSR count). The van der Waals surface area contributed by atoms with Crippen molar-refractivity contribution in [2.24, 2.45) is 5.14 Å². The molecule has 0 bridgehead atoms. The second-order valence-electron chi connectivity index (χ2n) is 5.24. The standard InChI is InChI=1S/C15H13N3O7S2/c1-8(19)17-10-2-4-11(5-3-10)26-14-12(18(22)23)6-9(15(20)21)7-13(14)27(16,24)25/h2-7H,1H3,(H,17,19)(H,20,21)(H2,16,24,25). The fourth-order valence-electron chi connectivity index (χ4n) is 2.09. The molecule has 1 amide bonds. The zero-order valence-electron chi connectivity index (χ0n) is 13.7. The van der Waals surface area contributed by atoms with Gasteiger partial charge < -0.3 is 10.4 Å². The lowest BCUT2D eigenvalue weighted by molar-refractivity contribution is -0.388. The minimum atomic E-state index is -4.44. The SMILES string of the molecule is CC(=O)Nc1ccc(Sc2c([N+](=O)[O-])cc(C(=O)O)cc2S(N)(=O)=O)cc1. The van der Waals surface area contributed by atoms with Crippen LogP contribution in [0, 0.1) is 10.1 Å². The number of nitrogens with one attached hydrogen (secondary N) is 1. The van der Waals surface area contributed by atoms with Gasteiger partial charge in [-0.3, -0.25) is 14.9 Å². The number of nitro benzene ring substituents is 1. The van der Waals surface area contributed by atoms with Crippen LogP contribution in [0.2, 0.25) is 0 Å². The second-order valence-corrected chi connectivity index (χ2v) is 7.85. The van der Waals surface area contributed by atoms with Crippen molar-refractivity contribution in [3.63, 3.8) is 0 Å². The Balaban J connectivity index is 2.59. The number of aromatic carboxylic acids is 1. The summed E-state index contributed by atoms with van der Waals surface area (Å²) in [7, 11) is -4.44. The summed E-state index contributed by atoms with van der Waals surface area (Å²) in [5.74, 6) is -1.81. The van der Waals surface area contributed by atoms with Crippen LogP contribution < -0.4 is 10.5 Å². The second kappa shape index (κ2) is 7.73. The van der Waals surface area contributed by atoms with Crippen molar-refractivity contribution in [2.45, 2.75) is 21.6 Å². The van der Waals surface area contributed by atoms with Crippen molar-refractivity contribution < 1.29 is 28.0 Å². The number of hydrogen-bond donors (Lipinski definition) is 3. The number of nitrogens with zero attached hydrogens (tertiary/aromatic N) is 1. The van der Waals surface area contributed by atoms with Crippen LogP contribution in [0.1, 0.15) is 17.3 Å². The molecule has 0 saturated heterocycles. The van der Waals surface area contributed by atoms with Gasteiger partial charge in [-0.25, -0.2) is 18.4 Å². The minimum absolute atomic E-state index is 0.285. The molecule has 0 unspecified atom stereocenters. The van der Waals surface area contributed by atoms with Crippen LogP contribution in [0.4, 0.5) is 11.4 Å². The molecule has 0 aromatic heterocycles. The Morgan fingerprint density at radius 3 is 2.26 bits per heavy atom. The smallest absolute Gasteiger partial charge is 0.335 e. The van der Waals surface area contributed by atoms with E-state index >= 15 is 0 Å². The first-order chi connectivity index (χ1) is 12.5. The third-order valence-corrected chi connectivity index (χ3v) is 5.39. The molecule has 0 aliphatic rings.